The van der Waals surface area contributed by atoms with Gasteiger partial charge in [0, 0.05) is 18.7 Å². The number of ether oxygens (including phenoxy) is 2. The second-order valence-electron chi connectivity index (χ2n) is 5.68. The first-order valence-electron chi connectivity index (χ1n) is 8.57. The van der Waals surface area contributed by atoms with Crippen molar-refractivity contribution in [1.82, 2.24) is 0 Å². The lowest BCUT2D eigenvalue weighted by Gasteiger charge is -2.13. The van der Waals surface area contributed by atoms with E-state index in [2.05, 4.69) is 5.32 Å². The Labute approximate surface area is 152 Å². The maximum atomic E-state index is 11.7. The fourth-order valence-electron chi connectivity index (χ4n) is 2.36. The molecule has 0 aliphatic carbocycles. The molecular formula is C20H23NO5. The molecule has 2 aromatic carbocycles. The van der Waals surface area contributed by atoms with Crippen LogP contribution in [0.2, 0.25) is 0 Å². The Balaban J connectivity index is 2.09. The van der Waals surface area contributed by atoms with Crippen LogP contribution in [0.1, 0.15) is 42.6 Å². The second kappa shape index (κ2) is 9.46. The van der Waals surface area contributed by atoms with Crippen molar-refractivity contribution in [2.75, 3.05) is 11.9 Å². The number of carbonyl (C=O) groups is 2. The molecule has 0 spiro atoms. The van der Waals surface area contributed by atoms with Gasteiger partial charge in [-0.05, 0) is 49.2 Å². The average molecular weight is 357 g/mol. The molecule has 0 aliphatic heterocycles. The number of nitrogens with one attached hydrogen (secondary N) is 1. The van der Waals surface area contributed by atoms with Gasteiger partial charge in [-0.15, -0.1) is 0 Å². The molecule has 0 unspecified atom stereocenters. The van der Waals surface area contributed by atoms with Crippen LogP contribution in [-0.4, -0.2) is 23.7 Å². The zero-order valence-electron chi connectivity index (χ0n) is 15.0. The minimum Gasteiger partial charge on any atom is -0.490 e. The first-order chi connectivity index (χ1) is 12.5. The quantitative estimate of drug-likeness (QED) is 0.519. The van der Waals surface area contributed by atoms with Crippen molar-refractivity contribution in [2.45, 2.75) is 33.2 Å². The Morgan fingerprint density at radius 1 is 1.08 bits per heavy atom. The van der Waals surface area contributed by atoms with Crippen LogP contribution in [0.4, 0.5) is 5.69 Å². The number of hydrogen-bond donors (Lipinski definition) is 2. The van der Waals surface area contributed by atoms with E-state index in [4.69, 9.17) is 14.6 Å². The van der Waals surface area contributed by atoms with Gasteiger partial charge < -0.3 is 19.9 Å². The van der Waals surface area contributed by atoms with Crippen molar-refractivity contribution in [1.29, 1.82) is 0 Å². The van der Waals surface area contributed by atoms with Crippen molar-refractivity contribution < 1.29 is 24.2 Å². The van der Waals surface area contributed by atoms with Gasteiger partial charge in [0.1, 0.15) is 0 Å². The second-order valence-corrected chi connectivity index (χ2v) is 5.68. The Hall–Kier alpha value is -3.02. The highest BCUT2D eigenvalue weighted by atomic mass is 16.6. The Kier molecular flexibility index (Phi) is 7.02. The molecule has 26 heavy (non-hydrogen) atoms. The average Bonchev–Trinajstić information content (AvgIpc) is 2.62. The molecule has 0 aliphatic rings. The number of aromatic carboxylic acids is 1. The number of hydrogen-bond acceptors (Lipinski definition) is 5. The molecule has 2 N–H and O–H groups in total. The number of anilines is 1. The molecule has 0 fully saturated rings. The minimum atomic E-state index is -0.967. The molecule has 6 heteroatoms. The van der Waals surface area contributed by atoms with Crippen LogP contribution in [0.5, 0.6) is 11.5 Å². The van der Waals surface area contributed by atoms with Crippen molar-refractivity contribution in [2.24, 2.45) is 0 Å². The summed E-state index contributed by atoms with van der Waals surface area (Å²) in [5, 5.41) is 12.2. The zero-order chi connectivity index (χ0) is 18.9. The molecule has 0 heterocycles. The maximum Gasteiger partial charge on any atom is 0.335 e. The van der Waals surface area contributed by atoms with E-state index in [9.17, 15) is 9.59 Å². The molecule has 2 rings (SSSR count). The van der Waals surface area contributed by atoms with Crippen molar-refractivity contribution in [3.8, 4) is 11.5 Å². The van der Waals surface area contributed by atoms with Crippen LogP contribution in [0.25, 0.3) is 0 Å². The van der Waals surface area contributed by atoms with Crippen LogP contribution in [0, 0.1) is 0 Å². The van der Waals surface area contributed by atoms with Crippen LogP contribution < -0.4 is 14.8 Å². The molecule has 0 bridgehead atoms. The highest BCUT2D eigenvalue weighted by Crippen LogP contribution is 2.29. The summed E-state index contributed by atoms with van der Waals surface area (Å²) < 4.78 is 10.9. The lowest BCUT2D eigenvalue weighted by molar-refractivity contribution is -0.134. The predicted octanol–water partition coefficient (Wildman–Crippen LogP) is 4.10. The third-order valence-corrected chi connectivity index (χ3v) is 3.59. The molecule has 0 radical (unpaired) electrons. The largest absolute Gasteiger partial charge is 0.490 e. The van der Waals surface area contributed by atoms with Crippen LogP contribution in [0.3, 0.4) is 0 Å². The summed E-state index contributed by atoms with van der Waals surface area (Å²) in [6.07, 6.45) is 1.08. The normalized spacial score (nSPS) is 10.2. The van der Waals surface area contributed by atoms with E-state index in [0.717, 1.165) is 12.0 Å². The van der Waals surface area contributed by atoms with Crippen molar-refractivity contribution in [3.05, 3.63) is 53.6 Å². The fraction of sp³-hybridized carbons (Fsp3) is 0.300. The Morgan fingerprint density at radius 3 is 2.58 bits per heavy atom. The first kappa shape index (κ1) is 19.3. The molecule has 138 valence electrons. The molecule has 0 atom stereocenters. The Bertz CT molecular complexity index is 773. The van der Waals surface area contributed by atoms with Crippen molar-refractivity contribution >= 4 is 17.6 Å². The van der Waals surface area contributed by atoms with E-state index < -0.39 is 5.97 Å². The van der Waals surface area contributed by atoms with Crippen LogP contribution >= 0.6 is 0 Å². The summed E-state index contributed by atoms with van der Waals surface area (Å²) >= 11 is 0. The minimum absolute atomic E-state index is 0.225. The third kappa shape index (κ3) is 5.51. The number of esters is 1. The fourth-order valence-corrected chi connectivity index (χ4v) is 2.36. The maximum absolute atomic E-state index is 11.7. The van der Waals surface area contributed by atoms with Crippen molar-refractivity contribution in [3.63, 3.8) is 0 Å². The standard InChI is InChI=1S/C20H23NO5/c1-3-6-19(22)26-17-10-9-14(11-18(17)25-4-2)13-21-16-8-5-7-15(12-16)20(23)24/h5,7-12,21H,3-4,6,13H2,1-2H3,(H,23,24). The van der Waals surface area contributed by atoms with E-state index in [1.54, 1.807) is 30.3 Å². The summed E-state index contributed by atoms with van der Waals surface area (Å²) in [6, 6.07) is 12.0. The number of carbonyl (C=O) groups excluding carboxylic acids is 1. The summed E-state index contributed by atoms with van der Waals surface area (Å²) in [6.45, 7) is 4.71. The van der Waals surface area contributed by atoms with Gasteiger partial charge in [-0.1, -0.05) is 19.1 Å². The van der Waals surface area contributed by atoms with E-state index in [1.165, 1.54) is 0 Å². The summed E-state index contributed by atoms with van der Waals surface area (Å²) in [5.74, 6) is -0.340. The number of benzene rings is 2. The predicted molar refractivity (Wildman–Crippen MR) is 98.9 cm³/mol. The molecule has 2 aromatic rings. The van der Waals surface area contributed by atoms with Crippen LogP contribution in [0.15, 0.2) is 42.5 Å². The van der Waals surface area contributed by atoms with Gasteiger partial charge in [0.15, 0.2) is 11.5 Å². The van der Waals surface area contributed by atoms with Gasteiger partial charge in [0.05, 0.1) is 12.2 Å². The monoisotopic (exact) mass is 357 g/mol. The molecule has 0 amide bonds. The lowest BCUT2D eigenvalue weighted by Crippen LogP contribution is -2.09. The van der Waals surface area contributed by atoms with Crippen LogP contribution in [-0.2, 0) is 11.3 Å². The van der Waals surface area contributed by atoms with Gasteiger partial charge in [-0.3, -0.25) is 4.79 Å². The molecular weight excluding hydrogens is 334 g/mol. The smallest absolute Gasteiger partial charge is 0.335 e. The van der Waals surface area contributed by atoms with E-state index in [0.29, 0.717) is 36.8 Å². The highest BCUT2D eigenvalue weighted by molar-refractivity contribution is 5.88. The number of carboxylic acids is 1. The Morgan fingerprint density at radius 2 is 1.88 bits per heavy atom. The van der Waals surface area contributed by atoms with Gasteiger partial charge in [0.2, 0.25) is 0 Å². The van der Waals surface area contributed by atoms with E-state index in [-0.39, 0.29) is 11.5 Å². The summed E-state index contributed by atoms with van der Waals surface area (Å²) in [7, 11) is 0. The van der Waals surface area contributed by atoms with Gasteiger partial charge in [0.25, 0.3) is 0 Å². The SMILES string of the molecule is CCCC(=O)Oc1ccc(CNc2cccc(C(=O)O)c2)cc1OCC. The molecule has 0 aromatic heterocycles. The number of rotatable bonds is 9. The van der Waals surface area contributed by atoms with Gasteiger partial charge >= 0.3 is 11.9 Å². The third-order valence-electron chi connectivity index (χ3n) is 3.59. The highest BCUT2D eigenvalue weighted by Gasteiger charge is 2.11. The molecule has 6 nitrogen and oxygen atoms in total. The number of carboxylic acid groups (broad SMARTS) is 1. The van der Waals surface area contributed by atoms with Gasteiger partial charge in [-0.2, -0.15) is 0 Å². The lowest BCUT2D eigenvalue weighted by atomic mass is 10.1. The summed E-state index contributed by atoms with van der Waals surface area (Å²) in [4.78, 5) is 22.7. The van der Waals surface area contributed by atoms with E-state index >= 15 is 0 Å². The summed E-state index contributed by atoms with van der Waals surface area (Å²) in [5.41, 5.74) is 1.86. The topological polar surface area (TPSA) is 84.9 Å². The van der Waals surface area contributed by atoms with Gasteiger partial charge in [-0.25, -0.2) is 4.79 Å². The molecule has 0 saturated carbocycles. The molecule has 0 saturated heterocycles. The first-order valence-corrected chi connectivity index (χ1v) is 8.57. The van der Waals surface area contributed by atoms with E-state index in [1.807, 2.05) is 26.0 Å². The zero-order valence-corrected chi connectivity index (χ0v) is 15.0.